The quantitative estimate of drug-likeness (QED) is 0.679. The first kappa shape index (κ1) is 8.42. The van der Waals surface area contributed by atoms with Crippen LogP contribution < -0.4 is 11.1 Å². The van der Waals surface area contributed by atoms with Crippen molar-refractivity contribution in [2.24, 2.45) is 5.92 Å². The molecule has 2 unspecified atom stereocenters. The summed E-state index contributed by atoms with van der Waals surface area (Å²) in [5.74, 6) is 0.807. The highest BCUT2D eigenvalue weighted by Gasteiger charge is 2.26. The van der Waals surface area contributed by atoms with Crippen molar-refractivity contribution in [1.82, 2.24) is 0 Å². The lowest BCUT2D eigenvalue weighted by atomic mass is 9.81. The number of nitrogens with one attached hydrogen (secondary N) is 1. The molecular weight excluding hydrogens is 160 g/mol. The maximum absolute atomic E-state index is 5.69. The topological polar surface area (TPSA) is 38.0 Å². The summed E-state index contributed by atoms with van der Waals surface area (Å²) in [7, 11) is 0. The monoisotopic (exact) mass is 176 g/mol. The average molecular weight is 176 g/mol. The minimum Gasteiger partial charge on any atom is -0.399 e. The van der Waals surface area contributed by atoms with Gasteiger partial charge in [-0.15, -0.1) is 0 Å². The Balaban J connectivity index is 2.01. The van der Waals surface area contributed by atoms with Gasteiger partial charge in [-0.2, -0.15) is 0 Å². The molecule has 0 bridgehead atoms. The van der Waals surface area contributed by atoms with Gasteiger partial charge >= 0.3 is 0 Å². The summed E-state index contributed by atoms with van der Waals surface area (Å²) in [6.45, 7) is 2.29. The van der Waals surface area contributed by atoms with Crippen LogP contribution >= 0.6 is 0 Å². The van der Waals surface area contributed by atoms with Crippen LogP contribution in [-0.2, 0) is 0 Å². The molecule has 0 heterocycles. The molecule has 1 aromatic rings. The van der Waals surface area contributed by atoms with Crippen LogP contribution in [0, 0.1) is 5.92 Å². The van der Waals surface area contributed by atoms with E-state index in [1.54, 1.807) is 0 Å². The summed E-state index contributed by atoms with van der Waals surface area (Å²) in [6.07, 6.45) is 2.63. The second kappa shape index (κ2) is 3.29. The molecule has 0 aliphatic heterocycles. The van der Waals surface area contributed by atoms with Crippen LogP contribution in [0.2, 0.25) is 0 Å². The summed E-state index contributed by atoms with van der Waals surface area (Å²) in [5.41, 5.74) is 7.67. The van der Waals surface area contributed by atoms with Crippen LogP contribution in [0.1, 0.15) is 19.8 Å². The summed E-state index contributed by atoms with van der Waals surface area (Å²) in [4.78, 5) is 0. The zero-order chi connectivity index (χ0) is 9.26. The van der Waals surface area contributed by atoms with E-state index in [-0.39, 0.29) is 0 Å². The zero-order valence-corrected chi connectivity index (χ0v) is 7.96. The highest BCUT2D eigenvalue weighted by molar-refractivity contribution is 5.54. The standard InChI is InChI=1S/C11H16N2/c1-8-5-6-11(8)13-10-4-2-3-9(12)7-10/h2-4,7-8,11,13H,5-6,12H2,1H3. The molecule has 1 aliphatic rings. The first-order valence-corrected chi connectivity index (χ1v) is 4.88. The largest absolute Gasteiger partial charge is 0.399 e. The van der Waals surface area contributed by atoms with Crippen LogP contribution in [0.15, 0.2) is 24.3 Å². The fourth-order valence-corrected chi connectivity index (χ4v) is 1.72. The molecule has 0 amide bonds. The van der Waals surface area contributed by atoms with E-state index in [1.165, 1.54) is 12.8 Å². The molecule has 0 saturated heterocycles. The predicted molar refractivity (Wildman–Crippen MR) is 56.7 cm³/mol. The Labute approximate surface area is 79.1 Å². The first-order valence-electron chi connectivity index (χ1n) is 4.88. The van der Waals surface area contributed by atoms with Gasteiger partial charge in [-0.25, -0.2) is 0 Å². The van der Waals surface area contributed by atoms with Gasteiger partial charge in [0.25, 0.3) is 0 Å². The normalized spacial score (nSPS) is 26.5. The molecule has 2 nitrogen and oxygen atoms in total. The van der Waals surface area contributed by atoms with E-state index in [4.69, 9.17) is 5.73 Å². The van der Waals surface area contributed by atoms with Crippen molar-refractivity contribution in [2.45, 2.75) is 25.8 Å². The Hall–Kier alpha value is -1.18. The summed E-state index contributed by atoms with van der Waals surface area (Å²) < 4.78 is 0. The van der Waals surface area contributed by atoms with Gasteiger partial charge in [0.05, 0.1) is 0 Å². The van der Waals surface area contributed by atoms with Gasteiger partial charge in [0.2, 0.25) is 0 Å². The average Bonchev–Trinajstić information content (AvgIpc) is 2.12. The van der Waals surface area contributed by atoms with E-state index in [9.17, 15) is 0 Å². The highest BCUT2D eigenvalue weighted by atomic mass is 14.9. The molecule has 2 atom stereocenters. The number of hydrogen-bond acceptors (Lipinski definition) is 2. The molecule has 0 spiro atoms. The predicted octanol–water partition coefficient (Wildman–Crippen LogP) is 2.48. The summed E-state index contributed by atoms with van der Waals surface area (Å²) in [6, 6.07) is 8.62. The Kier molecular flexibility index (Phi) is 2.13. The molecule has 1 aliphatic carbocycles. The third-order valence-corrected chi connectivity index (χ3v) is 2.86. The molecule has 1 aromatic carbocycles. The van der Waals surface area contributed by atoms with E-state index in [0.29, 0.717) is 6.04 Å². The third kappa shape index (κ3) is 1.77. The van der Waals surface area contributed by atoms with E-state index >= 15 is 0 Å². The Morgan fingerprint density at radius 3 is 2.77 bits per heavy atom. The van der Waals surface area contributed by atoms with Gasteiger partial charge in [0.1, 0.15) is 0 Å². The Bertz CT molecular complexity index is 296. The maximum Gasteiger partial charge on any atom is 0.0363 e. The van der Waals surface area contributed by atoms with Crippen molar-refractivity contribution in [1.29, 1.82) is 0 Å². The molecular formula is C11H16N2. The smallest absolute Gasteiger partial charge is 0.0363 e. The molecule has 0 aromatic heterocycles. The summed E-state index contributed by atoms with van der Waals surface area (Å²) in [5, 5.41) is 3.49. The maximum atomic E-state index is 5.69. The van der Waals surface area contributed by atoms with Crippen molar-refractivity contribution < 1.29 is 0 Å². The number of benzene rings is 1. The van der Waals surface area contributed by atoms with E-state index < -0.39 is 0 Å². The Morgan fingerprint density at radius 1 is 1.38 bits per heavy atom. The zero-order valence-electron chi connectivity index (χ0n) is 7.96. The van der Waals surface area contributed by atoms with Gasteiger partial charge in [0.15, 0.2) is 0 Å². The molecule has 13 heavy (non-hydrogen) atoms. The number of anilines is 2. The lowest BCUT2D eigenvalue weighted by Crippen LogP contribution is -2.36. The number of nitrogens with two attached hydrogens (primary N) is 1. The molecule has 1 saturated carbocycles. The van der Waals surface area contributed by atoms with Crippen molar-refractivity contribution in [3.8, 4) is 0 Å². The SMILES string of the molecule is CC1CCC1Nc1cccc(N)c1. The van der Waals surface area contributed by atoms with Gasteiger partial charge in [-0.3, -0.25) is 0 Å². The van der Waals surface area contributed by atoms with Crippen LogP contribution in [0.4, 0.5) is 11.4 Å². The second-order valence-electron chi connectivity index (χ2n) is 3.93. The van der Waals surface area contributed by atoms with Crippen molar-refractivity contribution in [3.05, 3.63) is 24.3 Å². The van der Waals surface area contributed by atoms with Crippen molar-refractivity contribution >= 4 is 11.4 Å². The minimum absolute atomic E-state index is 0.654. The molecule has 3 N–H and O–H groups in total. The van der Waals surface area contributed by atoms with E-state index in [0.717, 1.165) is 17.3 Å². The third-order valence-electron chi connectivity index (χ3n) is 2.86. The fraction of sp³-hybridized carbons (Fsp3) is 0.455. The van der Waals surface area contributed by atoms with Crippen LogP contribution in [0.5, 0.6) is 0 Å². The molecule has 0 radical (unpaired) electrons. The molecule has 70 valence electrons. The highest BCUT2D eigenvalue weighted by Crippen LogP contribution is 2.29. The lowest BCUT2D eigenvalue weighted by molar-refractivity contribution is 0.303. The Morgan fingerprint density at radius 2 is 2.23 bits per heavy atom. The first-order chi connectivity index (χ1) is 6.25. The van der Waals surface area contributed by atoms with Crippen LogP contribution in [0.25, 0.3) is 0 Å². The van der Waals surface area contributed by atoms with Gasteiger partial charge in [0, 0.05) is 17.4 Å². The summed E-state index contributed by atoms with van der Waals surface area (Å²) >= 11 is 0. The van der Waals surface area contributed by atoms with Gasteiger partial charge in [-0.1, -0.05) is 13.0 Å². The van der Waals surface area contributed by atoms with Crippen LogP contribution in [-0.4, -0.2) is 6.04 Å². The number of nitrogen functional groups attached to an aromatic ring is 1. The molecule has 1 fully saturated rings. The second-order valence-corrected chi connectivity index (χ2v) is 3.93. The number of hydrogen-bond donors (Lipinski definition) is 2. The minimum atomic E-state index is 0.654. The lowest BCUT2D eigenvalue weighted by Gasteiger charge is -2.35. The van der Waals surface area contributed by atoms with Gasteiger partial charge < -0.3 is 11.1 Å². The number of rotatable bonds is 2. The van der Waals surface area contributed by atoms with Crippen LogP contribution in [0.3, 0.4) is 0 Å². The van der Waals surface area contributed by atoms with Crippen molar-refractivity contribution in [2.75, 3.05) is 11.1 Å². The van der Waals surface area contributed by atoms with E-state index in [2.05, 4.69) is 18.3 Å². The fourth-order valence-electron chi connectivity index (χ4n) is 1.72. The molecule has 2 heteroatoms. The molecule has 2 rings (SSSR count). The van der Waals surface area contributed by atoms with Gasteiger partial charge in [-0.05, 0) is 37.0 Å². The van der Waals surface area contributed by atoms with Crippen molar-refractivity contribution in [3.63, 3.8) is 0 Å². The van der Waals surface area contributed by atoms with E-state index in [1.807, 2.05) is 18.2 Å².